The fourth-order valence-electron chi connectivity index (χ4n) is 2.16. The van der Waals surface area contributed by atoms with Crippen molar-refractivity contribution in [3.05, 3.63) is 28.8 Å². The lowest BCUT2D eigenvalue weighted by atomic mass is 9.95. The van der Waals surface area contributed by atoms with Gasteiger partial charge in [0, 0.05) is 5.02 Å². The number of carbonyl (C=O) groups is 2. The topological polar surface area (TPSA) is 75.6 Å². The number of ether oxygens (including phenoxy) is 1. The van der Waals surface area contributed by atoms with E-state index < -0.39 is 17.9 Å². The second kappa shape index (κ2) is 6.13. The van der Waals surface area contributed by atoms with Gasteiger partial charge in [-0.15, -0.1) is 0 Å². The van der Waals surface area contributed by atoms with E-state index in [1.54, 1.807) is 25.1 Å². The van der Waals surface area contributed by atoms with Crippen LogP contribution in [-0.4, -0.2) is 29.6 Å². The van der Waals surface area contributed by atoms with Crippen molar-refractivity contribution in [2.75, 3.05) is 6.61 Å². The van der Waals surface area contributed by atoms with Gasteiger partial charge in [-0.2, -0.15) is 0 Å². The third-order valence-electron chi connectivity index (χ3n) is 3.32. The predicted octanol–water partition coefficient (Wildman–Crippen LogP) is 1.87. The molecule has 108 valence electrons. The minimum Gasteiger partial charge on any atom is -0.492 e. The van der Waals surface area contributed by atoms with Crippen molar-refractivity contribution < 1.29 is 19.4 Å². The highest BCUT2D eigenvalue weighted by atomic mass is 35.5. The summed E-state index contributed by atoms with van der Waals surface area (Å²) in [5.74, 6) is -0.996. The number of benzene rings is 1. The van der Waals surface area contributed by atoms with Crippen molar-refractivity contribution in [2.24, 2.45) is 5.92 Å². The highest BCUT2D eigenvalue weighted by molar-refractivity contribution is 6.30. The number of rotatable bonds is 4. The van der Waals surface area contributed by atoms with Gasteiger partial charge in [0.05, 0.1) is 5.92 Å². The molecule has 20 heavy (non-hydrogen) atoms. The molecule has 2 atom stereocenters. The number of carboxylic acids is 1. The number of hydrogen-bond acceptors (Lipinski definition) is 3. The number of carboxylic acid groups (broad SMARTS) is 1. The molecule has 0 saturated heterocycles. The molecule has 1 aromatic rings. The number of halogens is 1. The molecule has 5 nitrogen and oxygen atoms in total. The molecule has 0 spiro atoms. The quantitative estimate of drug-likeness (QED) is 0.889. The van der Waals surface area contributed by atoms with Crippen molar-refractivity contribution >= 4 is 23.5 Å². The van der Waals surface area contributed by atoms with Crippen LogP contribution < -0.4 is 10.1 Å². The van der Waals surface area contributed by atoms with Gasteiger partial charge in [-0.1, -0.05) is 18.5 Å². The number of carbonyl (C=O) groups excluding carboxylic acids is 1. The van der Waals surface area contributed by atoms with Gasteiger partial charge >= 0.3 is 5.97 Å². The fourth-order valence-corrected chi connectivity index (χ4v) is 2.35. The first kappa shape index (κ1) is 14.7. The predicted molar refractivity (Wildman–Crippen MR) is 74.0 cm³/mol. The number of amides is 1. The summed E-state index contributed by atoms with van der Waals surface area (Å²) in [6.45, 7) is 1.96. The van der Waals surface area contributed by atoms with Crippen LogP contribution in [0.5, 0.6) is 5.75 Å². The molecule has 1 aliphatic heterocycles. The standard InChI is InChI=1S/C14H16ClNO4/c1-2-11(14(18)19)16-13(17)9-5-8-6-10(15)3-4-12(8)20-7-9/h3-4,6,9,11H,2,5,7H2,1H3,(H,16,17)(H,18,19). The summed E-state index contributed by atoms with van der Waals surface area (Å²) in [5, 5.41) is 12.1. The first-order valence-corrected chi connectivity index (χ1v) is 6.83. The molecule has 0 bridgehead atoms. The summed E-state index contributed by atoms with van der Waals surface area (Å²) >= 11 is 5.92. The van der Waals surface area contributed by atoms with Crippen molar-refractivity contribution in [3.8, 4) is 5.75 Å². The van der Waals surface area contributed by atoms with E-state index in [1.165, 1.54) is 0 Å². The molecule has 0 saturated carbocycles. The molecule has 1 amide bonds. The molecule has 0 fully saturated rings. The average molecular weight is 298 g/mol. The smallest absolute Gasteiger partial charge is 0.326 e. The Balaban J connectivity index is 2.05. The number of aliphatic carboxylic acids is 1. The Morgan fingerprint density at radius 1 is 1.55 bits per heavy atom. The minimum absolute atomic E-state index is 0.247. The Bertz CT molecular complexity index is 532. The third-order valence-corrected chi connectivity index (χ3v) is 3.56. The van der Waals surface area contributed by atoms with E-state index in [9.17, 15) is 9.59 Å². The summed E-state index contributed by atoms with van der Waals surface area (Å²) in [7, 11) is 0. The number of hydrogen-bond donors (Lipinski definition) is 2. The van der Waals surface area contributed by atoms with Gasteiger partial charge in [-0.3, -0.25) is 4.79 Å². The zero-order valence-corrected chi connectivity index (χ0v) is 11.8. The highest BCUT2D eigenvalue weighted by Crippen LogP contribution is 2.29. The third kappa shape index (κ3) is 3.22. The highest BCUT2D eigenvalue weighted by Gasteiger charge is 2.28. The van der Waals surface area contributed by atoms with Crippen LogP contribution in [0, 0.1) is 5.92 Å². The Morgan fingerprint density at radius 2 is 2.30 bits per heavy atom. The molecule has 2 rings (SSSR count). The molecule has 2 N–H and O–H groups in total. The van der Waals surface area contributed by atoms with Gasteiger partial charge in [0.1, 0.15) is 18.4 Å². The lowest BCUT2D eigenvalue weighted by Gasteiger charge is -2.25. The van der Waals surface area contributed by atoms with Gasteiger partial charge in [-0.25, -0.2) is 4.79 Å². The second-order valence-corrected chi connectivity index (χ2v) is 5.21. The normalized spacial score (nSPS) is 18.6. The fraction of sp³-hybridized carbons (Fsp3) is 0.429. The maximum Gasteiger partial charge on any atom is 0.326 e. The molecule has 6 heteroatoms. The van der Waals surface area contributed by atoms with E-state index in [1.807, 2.05) is 0 Å². The zero-order valence-electron chi connectivity index (χ0n) is 11.1. The lowest BCUT2D eigenvalue weighted by Crippen LogP contribution is -2.45. The van der Waals surface area contributed by atoms with Gasteiger partial charge in [-0.05, 0) is 36.6 Å². The Hall–Kier alpha value is -1.75. The molecule has 1 heterocycles. The maximum atomic E-state index is 12.1. The van der Waals surface area contributed by atoms with Crippen molar-refractivity contribution in [3.63, 3.8) is 0 Å². The lowest BCUT2D eigenvalue weighted by molar-refractivity contribution is -0.142. The number of fused-ring (bicyclic) bond motifs is 1. The van der Waals surface area contributed by atoms with E-state index in [0.717, 1.165) is 11.3 Å². The monoisotopic (exact) mass is 297 g/mol. The Labute approximate surface area is 121 Å². The SMILES string of the molecule is CCC(NC(=O)C1COc2ccc(Cl)cc2C1)C(=O)O. The summed E-state index contributed by atoms with van der Waals surface area (Å²) in [6, 6.07) is 4.42. The molecule has 2 unspecified atom stereocenters. The van der Waals surface area contributed by atoms with Gasteiger partial charge < -0.3 is 15.2 Å². The minimum atomic E-state index is -1.03. The first-order chi connectivity index (χ1) is 9.51. The van der Waals surface area contributed by atoms with E-state index in [2.05, 4.69) is 5.32 Å². The van der Waals surface area contributed by atoms with E-state index in [-0.39, 0.29) is 12.5 Å². The average Bonchev–Trinajstić information content (AvgIpc) is 2.43. The van der Waals surface area contributed by atoms with Crippen LogP contribution in [0.2, 0.25) is 5.02 Å². The summed E-state index contributed by atoms with van der Waals surface area (Å²) < 4.78 is 5.52. The molecule has 0 aromatic heterocycles. The van der Waals surface area contributed by atoms with Crippen LogP contribution in [0.1, 0.15) is 18.9 Å². The zero-order chi connectivity index (χ0) is 14.7. The van der Waals surface area contributed by atoms with E-state index in [0.29, 0.717) is 17.9 Å². The molecular formula is C14H16ClNO4. The van der Waals surface area contributed by atoms with Crippen molar-refractivity contribution in [2.45, 2.75) is 25.8 Å². The molecule has 0 radical (unpaired) electrons. The number of nitrogens with one attached hydrogen (secondary N) is 1. The largest absolute Gasteiger partial charge is 0.492 e. The Kier molecular flexibility index (Phi) is 4.49. The van der Waals surface area contributed by atoms with Crippen molar-refractivity contribution in [1.82, 2.24) is 5.32 Å². The van der Waals surface area contributed by atoms with Crippen LogP contribution >= 0.6 is 11.6 Å². The summed E-state index contributed by atoms with van der Waals surface area (Å²) in [4.78, 5) is 23.0. The summed E-state index contributed by atoms with van der Waals surface area (Å²) in [6.07, 6.45) is 0.842. The van der Waals surface area contributed by atoms with Gasteiger partial charge in [0.15, 0.2) is 0 Å². The molecule has 1 aromatic carbocycles. The Morgan fingerprint density at radius 3 is 2.95 bits per heavy atom. The van der Waals surface area contributed by atoms with Crippen LogP contribution in [0.3, 0.4) is 0 Å². The van der Waals surface area contributed by atoms with Gasteiger partial charge in [0.2, 0.25) is 5.91 Å². The summed E-state index contributed by atoms with van der Waals surface area (Å²) in [5.41, 5.74) is 0.868. The molecular weight excluding hydrogens is 282 g/mol. The van der Waals surface area contributed by atoms with Crippen LogP contribution in [0.15, 0.2) is 18.2 Å². The van der Waals surface area contributed by atoms with Crippen LogP contribution in [0.4, 0.5) is 0 Å². The molecule has 0 aliphatic carbocycles. The van der Waals surface area contributed by atoms with Gasteiger partial charge in [0.25, 0.3) is 0 Å². The van der Waals surface area contributed by atoms with E-state index >= 15 is 0 Å². The first-order valence-electron chi connectivity index (χ1n) is 6.45. The van der Waals surface area contributed by atoms with Crippen molar-refractivity contribution in [1.29, 1.82) is 0 Å². The second-order valence-electron chi connectivity index (χ2n) is 4.77. The van der Waals surface area contributed by atoms with E-state index in [4.69, 9.17) is 21.4 Å². The van der Waals surface area contributed by atoms with Crippen LogP contribution in [-0.2, 0) is 16.0 Å². The van der Waals surface area contributed by atoms with Crippen LogP contribution in [0.25, 0.3) is 0 Å². The molecule has 1 aliphatic rings. The maximum absolute atomic E-state index is 12.1.